The van der Waals surface area contributed by atoms with Crippen LogP contribution in [0.2, 0.25) is 0 Å². The van der Waals surface area contributed by atoms with Crippen molar-refractivity contribution in [3.05, 3.63) is 27.3 Å². The second-order valence-corrected chi connectivity index (χ2v) is 6.45. The second-order valence-electron chi connectivity index (χ2n) is 5.20. The minimum Gasteiger partial charge on any atom is -0.478 e. The Labute approximate surface area is 130 Å². The molecule has 1 aliphatic rings. The summed E-state index contributed by atoms with van der Waals surface area (Å²) in [6.45, 7) is 2.96. The van der Waals surface area contributed by atoms with E-state index in [1.807, 2.05) is 29.5 Å². The molecule has 20 heavy (non-hydrogen) atoms. The first-order valence-electron chi connectivity index (χ1n) is 6.34. The van der Waals surface area contributed by atoms with Crippen LogP contribution in [0.25, 0.3) is 0 Å². The molecular weight excluding hydrogens is 373 g/mol. The van der Waals surface area contributed by atoms with E-state index in [0.29, 0.717) is 18.9 Å². The first-order chi connectivity index (χ1) is 9.40. The minimum absolute atomic E-state index is 0.129. The van der Waals surface area contributed by atoms with Crippen LogP contribution in [0.3, 0.4) is 0 Å². The smallest absolute Gasteiger partial charge is 0.335 e. The number of nitrogens with one attached hydrogen (secondary N) is 1. The summed E-state index contributed by atoms with van der Waals surface area (Å²) in [5.41, 5.74) is 0.117. The number of carboxylic acid groups (broad SMARTS) is 1. The Hall–Kier alpha value is -1.15. The molecule has 0 aliphatic carbocycles. The SMILES string of the molecule is CC1(C(=O)Nc2cc(I)cc(C(=O)O)c2)CCCOC1. The van der Waals surface area contributed by atoms with Gasteiger partial charge in [-0.2, -0.15) is 0 Å². The number of carboxylic acids is 1. The van der Waals surface area contributed by atoms with E-state index >= 15 is 0 Å². The van der Waals surface area contributed by atoms with Gasteiger partial charge < -0.3 is 15.2 Å². The molecule has 2 rings (SSSR count). The van der Waals surface area contributed by atoms with Crippen molar-refractivity contribution in [2.24, 2.45) is 5.41 Å². The number of carbonyl (C=O) groups excluding carboxylic acids is 1. The van der Waals surface area contributed by atoms with E-state index in [9.17, 15) is 9.59 Å². The molecule has 1 aliphatic heterocycles. The highest BCUT2D eigenvalue weighted by molar-refractivity contribution is 14.1. The number of hydrogen-bond donors (Lipinski definition) is 2. The molecule has 0 radical (unpaired) electrons. The molecule has 1 unspecified atom stereocenters. The summed E-state index contributed by atoms with van der Waals surface area (Å²) in [5.74, 6) is -1.14. The fraction of sp³-hybridized carbons (Fsp3) is 0.429. The number of rotatable bonds is 3. The molecule has 0 spiro atoms. The Morgan fingerprint density at radius 3 is 2.75 bits per heavy atom. The van der Waals surface area contributed by atoms with Crippen molar-refractivity contribution in [3.63, 3.8) is 0 Å². The fourth-order valence-corrected chi connectivity index (χ4v) is 2.85. The van der Waals surface area contributed by atoms with E-state index < -0.39 is 11.4 Å². The molecule has 1 fully saturated rings. The van der Waals surface area contributed by atoms with Gasteiger partial charge in [-0.3, -0.25) is 4.79 Å². The van der Waals surface area contributed by atoms with Gasteiger partial charge in [-0.1, -0.05) is 0 Å². The number of aromatic carboxylic acids is 1. The summed E-state index contributed by atoms with van der Waals surface area (Å²) in [7, 11) is 0. The zero-order valence-electron chi connectivity index (χ0n) is 11.1. The second kappa shape index (κ2) is 6.09. The lowest BCUT2D eigenvalue weighted by Crippen LogP contribution is -2.40. The Bertz CT molecular complexity index is 538. The maximum absolute atomic E-state index is 12.3. The Balaban J connectivity index is 2.17. The van der Waals surface area contributed by atoms with Crippen molar-refractivity contribution < 1.29 is 19.4 Å². The number of hydrogen-bond acceptors (Lipinski definition) is 3. The van der Waals surface area contributed by atoms with Crippen molar-refractivity contribution in [1.82, 2.24) is 0 Å². The highest BCUT2D eigenvalue weighted by atomic mass is 127. The van der Waals surface area contributed by atoms with Gasteiger partial charge in [0.25, 0.3) is 0 Å². The summed E-state index contributed by atoms with van der Waals surface area (Å²) in [4.78, 5) is 23.4. The normalized spacial score (nSPS) is 22.3. The fourth-order valence-electron chi connectivity index (χ4n) is 2.18. The molecule has 6 heteroatoms. The summed E-state index contributed by atoms with van der Waals surface area (Å²) >= 11 is 2.03. The van der Waals surface area contributed by atoms with Crippen molar-refractivity contribution in [2.45, 2.75) is 19.8 Å². The van der Waals surface area contributed by atoms with Crippen molar-refractivity contribution in [1.29, 1.82) is 0 Å². The van der Waals surface area contributed by atoms with Crippen LogP contribution < -0.4 is 5.32 Å². The average molecular weight is 389 g/mol. The van der Waals surface area contributed by atoms with Crippen LogP contribution in [-0.2, 0) is 9.53 Å². The van der Waals surface area contributed by atoms with Gasteiger partial charge in [-0.15, -0.1) is 0 Å². The van der Waals surface area contributed by atoms with Gasteiger partial charge in [0, 0.05) is 15.9 Å². The molecule has 1 amide bonds. The first kappa shape index (κ1) is 15.2. The van der Waals surface area contributed by atoms with Crippen LogP contribution in [0, 0.1) is 8.99 Å². The third kappa shape index (κ3) is 3.49. The topological polar surface area (TPSA) is 75.6 Å². The molecule has 1 saturated heterocycles. The predicted octanol–water partition coefficient (Wildman–Crippen LogP) is 2.74. The molecule has 1 heterocycles. The van der Waals surface area contributed by atoms with Gasteiger partial charge in [0.1, 0.15) is 0 Å². The lowest BCUT2D eigenvalue weighted by molar-refractivity contribution is -0.131. The Morgan fingerprint density at radius 1 is 1.40 bits per heavy atom. The van der Waals surface area contributed by atoms with Gasteiger partial charge in [0.15, 0.2) is 0 Å². The first-order valence-corrected chi connectivity index (χ1v) is 7.42. The number of amides is 1. The van der Waals surface area contributed by atoms with E-state index in [-0.39, 0.29) is 11.5 Å². The average Bonchev–Trinajstić information content (AvgIpc) is 2.38. The van der Waals surface area contributed by atoms with Gasteiger partial charge >= 0.3 is 5.97 Å². The molecule has 1 atom stereocenters. The molecule has 0 bridgehead atoms. The minimum atomic E-state index is -1.01. The van der Waals surface area contributed by atoms with Crippen LogP contribution in [0.4, 0.5) is 5.69 Å². The number of benzene rings is 1. The number of halogens is 1. The van der Waals surface area contributed by atoms with Crippen LogP contribution in [-0.4, -0.2) is 30.2 Å². The van der Waals surface area contributed by atoms with Gasteiger partial charge in [-0.25, -0.2) is 4.79 Å². The zero-order valence-corrected chi connectivity index (χ0v) is 13.3. The Morgan fingerprint density at radius 2 is 2.15 bits per heavy atom. The predicted molar refractivity (Wildman–Crippen MR) is 82.9 cm³/mol. The highest BCUT2D eigenvalue weighted by Crippen LogP contribution is 2.30. The molecule has 108 valence electrons. The third-order valence-corrected chi connectivity index (χ3v) is 4.01. The molecule has 0 aromatic heterocycles. The van der Waals surface area contributed by atoms with Crippen molar-refractivity contribution >= 4 is 40.2 Å². The lowest BCUT2D eigenvalue weighted by atomic mass is 9.84. The van der Waals surface area contributed by atoms with E-state index in [4.69, 9.17) is 9.84 Å². The van der Waals surface area contributed by atoms with Crippen LogP contribution in [0.15, 0.2) is 18.2 Å². The molecule has 5 nitrogen and oxygen atoms in total. The summed E-state index contributed by atoms with van der Waals surface area (Å²) in [6.07, 6.45) is 1.63. The maximum atomic E-state index is 12.3. The van der Waals surface area contributed by atoms with E-state index in [2.05, 4.69) is 5.32 Å². The molecule has 0 saturated carbocycles. The van der Waals surface area contributed by atoms with Crippen LogP contribution in [0.1, 0.15) is 30.1 Å². The van der Waals surface area contributed by atoms with Crippen molar-refractivity contribution in [3.8, 4) is 0 Å². The number of ether oxygens (including phenoxy) is 1. The van der Waals surface area contributed by atoms with E-state index in [1.54, 1.807) is 12.1 Å². The maximum Gasteiger partial charge on any atom is 0.335 e. The summed E-state index contributed by atoms with van der Waals surface area (Å²) < 4.78 is 6.14. The molecule has 1 aromatic carbocycles. The highest BCUT2D eigenvalue weighted by Gasteiger charge is 2.35. The molecular formula is C14H16INO4. The Kier molecular flexibility index (Phi) is 4.64. The van der Waals surface area contributed by atoms with Gasteiger partial charge in [-0.05, 0) is 60.6 Å². The standard InChI is InChI=1S/C14H16INO4/c1-14(3-2-4-20-8-14)13(19)16-11-6-9(12(17)18)5-10(15)7-11/h5-7H,2-4,8H2,1H3,(H,16,19)(H,17,18). The van der Waals surface area contributed by atoms with Crippen LogP contribution in [0.5, 0.6) is 0 Å². The lowest BCUT2D eigenvalue weighted by Gasteiger charge is -2.31. The van der Waals surface area contributed by atoms with E-state index in [1.165, 1.54) is 6.07 Å². The molecule has 1 aromatic rings. The van der Waals surface area contributed by atoms with Crippen molar-refractivity contribution in [2.75, 3.05) is 18.5 Å². The summed E-state index contributed by atoms with van der Waals surface area (Å²) in [5, 5.41) is 11.8. The van der Waals surface area contributed by atoms with Crippen LogP contribution >= 0.6 is 22.6 Å². The number of anilines is 1. The van der Waals surface area contributed by atoms with Gasteiger partial charge in [0.05, 0.1) is 17.6 Å². The monoisotopic (exact) mass is 389 g/mol. The quantitative estimate of drug-likeness (QED) is 0.780. The van der Waals surface area contributed by atoms with Gasteiger partial charge in [0.2, 0.25) is 5.91 Å². The number of carbonyl (C=O) groups is 2. The zero-order chi connectivity index (χ0) is 14.8. The van der Waals surface area contributed by atoms with E-state index in [0.717, 1.165) is 16.4 Å². The molecule has 2 N–H and O–H groups in total. The largest absolute Gasteiger partial charge is 0.478 e. The third-order valence-electron chi connectivity index (χ3n) is 3.39. The summed E-state index contributed by atoms with van der Waals surface area (Å²) in [6, 6.07) is 4.78.